The second-order valence-electron chi connectivity index (χ2n) is 14.6. The summed E-state index contributed by atoms with van der Waals surface area (Å²) in [7, 11) is 1.72. The second-order valence-corrected chi connectivity index (χ2v) is 15.9. The molecule has 0 bridgehead atoms. The van der Waals surface area contributed by atoms with Gasteiger partial charge < -0.3 is 19.1 Å². The Bertz CT molecular complexity index is 2530. The highest BCUT2D eigenvalue weighted by atomic mass is 32.2. The number of rotatable bonds is 7. The quantitative estimate of drug-likeness (QED) is 0.163. The molecule has 1 unspecified atom stereocenters. The number of fused-ring (bicyclic) bond motifs is 5. The van der Waals surface area contributed by atoms with Crippen LogP contribution in [0.15, 0.2) is 163 Å². The molecule has 0 amide bonds. The van der Waals surface area contributed by atoms with Crippen LogP contribution in [-0.4, -0.2) is 23.0 Å². The van der Waals surface area contributed by atoms with Crippen LogP contribution >= 0.6 is 11.8 Å². The van der Waals surface area contributed by atoms with Crippen molar-refractivity contribution in [2.24, 2.45) is 0 Å². The van der Waals surface area contributed by atoms with Crippen LogP contribution in [0.4, 0.5) is 28.4 Å². The first-order chi connectivity index (χ1) is 26.7. The number of benzene rings is 6. The van der Waals surface area contributed by atoms with Crippen LogP contribution in [0.5, 0.6) is 5.75 Å². The summed E-state index contributed by atoms with van der Waals surface area (Å²) in [5.74, 6) is 0.843. The van der Waals surface area contributed by atoms with Gasteiger partial charge in [0.25, 0.3) is 0 Å². The minimum atomic E-state index is 0.523. The molecule has 5 heteroatoms. The Morgan fingerprint density at radius 2 is 1.41 bits per heavy atom. The highest BCUT2D eigenvalue weighted by Crippen LogP contribution is 2.50. The molecule has 2 atom stereocenters. The molecule has 1 fully saturated rings. The molecule has 0 N–H and O–H groups in total. The number of methoxy groups -OCH3 is 1. The van der Waals surface area contributed by atoms with E-state index >= 15 is 0 Å². The van der Waals surface area contributed by atoms with Crippen molar-refractivity contribution in [1.29, 1.82) is 0 Å². The lowest BCUT2D eigenvalue weighted by Gasteiger charge is -2.45. The maximum absolute atomic E-state index is 5.58. The van der Waals surface area contributed by atoms with E-state index in [4.69, 9.17) is 4.74 Å². The molecule has 7 aromatic rings. The molecule has 266 valence electrons. The van der Waals surface area contributed by atoms with E-state index in [1.54, 1.807) is 7.11 Å². The molecule has 10 rings (SSSR count). The molecular weight excluding hydrogens is 679 g/mol. The van der Waals surface area contributed by atoms with Gasteiger partial charge in [-0.1, -0.05) is 79.6 Å². The van der Waals surface area contributed by atoms with Gasteiger partial charge >= 0.3 is 0 Å². The van der Waals surface area contributed by atoms with Gasteiger partial charge in [0.15, 0.2) is 0 Å². The summed E-state index contributed by atoms with van der Waals surface area (Å²) in [5, 5.41) is 3.09. The third-order valence-electron chi connectivity index (χ3n) is 11.5. The fourth-order valence-electron chi connectivity index (χ4n) is 8.99. The summed E-state index contributed by atoms with van der Waals surface area (Å²) in [4.78, 5) is 6.44. The molecule has 1 aliphatic heterocycles. The van der Waals surface area contributed by atoms with E-state index in [-0.39, 0.29) is 0 Å². The van der Waals surface area contributed by atoms with Gasteiger partial charge in [-0.2, -0.15) is 0 Å². The molecule has 4 nitrogen and oxygen atoms in total. The fraction of sp³-hybridized carbons (Fsp3) is 0.184. The standard InChI is InChI=1S/C49H43N3OS/c1-53-40-32-30-37(31-33-40)50(36-24-22-35(23-25-36)34-12-3-2-4-13-34)45-18-11-19-46-49(45)41-14-5-6-15-42(41)51(46)38-26-28-39(29-27-38)52-43-16-7-9-20-47(43)54-48-21-10-8-17-44(48)52/h2-3,5-7,9,11-12,14-16,18-20,22-33,44,48H,4,8,10,13,17,21H2,1H3/t44?,48-/m1/s1. The van der Waals surface area contributed by atoms with Crippen LogP contribution in [0.3, 0.4) is 0 Å². The molecule has 3 aliphatic rings. The molecule has 1 saturated carbocycles. The van der Waals surface area contributed by atoms with Crippen molar-refractivity contribution in [1.82, 2.24) is 4.57 Å². The summed E-state index contributed by atoms with van der Waals surface area (Å²) in [6, 6.07) is 52.0. The lowest BCUT2D eigenvalue weighted by molar-refractivity contribution is 0.415. The maximum atomic E-state index is 5.58. The zero-order valence-corrected chi connectivity index (χ0v) is 31.4. The maximum Gasteiger partial charge on any atom is 0.119 e. The van der Waals surface area contributed by atoms with E-state index in [1.807, 2.05) is 0 Å². The number of para-hydroxylation sites is 2. The van der Waals surface area contributed by atoms with E-state index in [0.29, 0.717) is 11.3 Å². The Balaban J connectivity index is 1.10. The van der Waals surface area contributed by atoms with Gasteiger partial charge in [0.1, 0.15) is 5.75 Å². The number of thioether (sulfide) groups is 1. The smallest absolute Gasteiger partial charge is 0.119 e. The van der Waals surface area contributed by atoms with E-state index in [0.717, 1.165) is 41.3 Å². The van der Waals surface area contributed by atoms with Crippen molar-refractivity contribution in [2.45, 2.75) is 54.7 Å². The molecule has 54 heavy (non-hydrogen) atoms. The predicted octanol–water partition coefficient (Wildman–Crippen LogP) is 13.6. The van der Waals surface area contributed by atoms with Crippen LogP contribution in [0.25, 0.3) is 33.1 Å². The SMILES string of the molecule is COc1ccc(N(c2ccc(C3=CC=CCC3)cc2)c2cccc3c2c2ccccc2n3-c2ccc(N3c4ccccc4S[C@@H]4CCCCC43)cc2)cc1. The molecule has 2 heterocycles. The molecule has 6 aromatic carbocycles. The Kier molecular flexibility index (Phi) is 8.52. The van der Waals surface area contributed by atoms with Crippen LogP contribution in [0, 0.1) is 0 Å². The van der Waals surface area contributed by atoms with Gasteiger partial charge in [-0.05, 0) is 128 Å². The summed E-state index contributed by atoms with van der Waals surface area (Å²) >= 11 is 2.09. The third kappa shape index (κ3) is 5.70. The Morgan fingerprint density at radius 3 is 2.20 bits per heavy atom. The second kappa shape index (κ2) is 14.0. The number of anilines is 5. The van der Waals surface area contributed by atoms with Gasteiger partial charge in [-0.3, -0.25) is 0 Å². The van der Waals surface area contributed by atoms with Crippen molar-refractivity contribution in [2.75, 3.05) is 16.9 Å². The van der Waals surface area contributed by atoms with Crippen LogP contribution in [0.1, 0.15) is 44.1 Å². The first-order valence-electron chi connectivity index (χ1n) is 19.3. The van der Waals surface area contributed by atoms with Gasteiger partial charge in [0.2, 0.25) is 0 Å². The number of ether oxygens (including phenoxy) is 1. The lowest BCUT2D eigenvalue weighted by atomic mass is 9.92. The fourth-order valence-corrected chi connectivity index (χ4v) is 10.5. The first-order valence-corrected chi connectivity index (χ1v) is 20.2. The van der Waals surface area contributed by atoms with Crippen molar-refractivity contribution < 1.29 is 4.74 Å². The Labute approximate surface area is 322 Å². The van der Waals surface area contributed by atoms with Crippen LogP contribution in [0.2, 0.25) is 0 Å². The Morgan fingerprint density at radius 1 is 0.685 bits per heavy atom. The highest BCUT2D eigenvalue weighted by molar-refractivity contribution is 8.00. The number of nitrogens with zero attached hydrogens (tertiary/aromatic N) is 3. The average molecular weight is 722 g/mol. The monoisotopic (exact) mass is 721 g/mol. The zero-order valence-electron chi connectivity index (χ0n) is 30.6. The molecule has 0 radical (unpaired) electrons. The van der Waals surface area contributed by atoms with E-state index in [1.165, 1.54) is 74.9 Å². The predicted molar refractivity (Wildman–Crippen MR) is 229 cm³/mol. The van der Waals surface area contributed by atoms with Gasteiger partial charge in [-0.15, -0.1) is 11.8 Å². The summed E-state index contributed by atoms with van der Waals surface area (Å²) in [6.07, 6.45) is 14.0. The summed E-state index contributed by atoms with van der Waals surface area (Å²) < 4.78 is 8.02. The molecule has 2 aliphatic carbocycles. The van der Waals surface area contributed by atoms with Gasteiger partial charge in [-0.25, -0.2) is 0 Å². The van der Waals surface area contributed by atoms with E-state index < -0.39 is 0 Å². The number of hydrogen-bond donors (Lipinski definition) is 0. The van der Waals surface area contributed by atoms with Gasteiger partial charge in [0, 0.05) is 49.7 Å². The molecule has 0 spiro atoms. The topological polar surface area (TPSA) is 20.6 Å². The van der Waals surface area contributed by atoms with Crippen molar-refractivity contribution >= 4 is 67.6 Å². The lowest BCUT2D eigenvalue weighted by Crippen LogP contribution is -2.44. The van der Waals surface area contributed by atoms with Crippen molar-refractivity contribution in [3.8, 4) is 11.4 Å². The first kappa shape index (κ1) is 33.0. The number of allylic oxidation sites excluding steroid dienone is 4. The summed E-state index contributed by atoms with van der Waals surface area (Å²) in [5.41, 5.74) is 12.2. The highest BCUT2D eigenvalue weighted by Gasteiger charge is 2.37. The summed E-state index contributed by atoms with van der Waals surface area (Å²) in [6.45, 7) is 0. The van der Waals surface area contributed by atoms with Crippen LogP contribution in [-0.2, 0) is 0 Å². The van der Waals surface area contributed by atoms with E-state index in [2.05, 4.69) is 184 Å². The van der Waals surface area contributed by atoms with E-state index in [9.17, 15) is 0 Å². The molecular formula is C49H43N3OS. The van der Waals surface area contributed by atoms with Gasteiger partial charge in [0.05, 0.1) is 29.5 Å². The normalized spacial score (nSPS) is 17.9. The minimum Gasteiger partial charge on any atom is -0.497 e. The molecule has 1 aromatic heterocycles. The van der Waals surface area contributed by atoms with Crippen molar-refractivity contribution in [3.63, 3.8) is 0 Å². The van der Waals surface area contributed by atoms with Crippen LogP contribution < -0.4 is 14.5 Å². The number of hydrogen-bond acceptors (Lipinski definition) is 4. The zero-order chi connectivity index (χ0) is 36.0. The largest absolute Gasteiger partial charge is 0.497 e. The third-order valence-corrected chi connectivity index (χ3v) is 13.0. The average Bonchev–Trinajstić information content (AvgIpc) is 3.59. The number of aromatic nitrogens is 1. The molecule has 0 saturated heterocycles. The van der Waals surface area contributed by atoms with Crippen molar-refractivity contribution in [3.05, 3.63) is 163 Å². The minimum absolute atomic E-state index is 0.523. The Hall–Kier alpha value is -5.65.